The Kier molecular flexibility index (Phi) is 3.23. The van der Waals surface area contributed by atoms with Gasteiger partial charge in [0, 0.05) is 5.39 Å². The van der Waals surface area contributed by atoms with Gasteiger partial charge in [-0.05, 0) is 19.1 Å². The van der Waals surface area contributed by atoms with Gasteiger partial charge in [-0.1, -0.05) is 24.3 Å². The van der Waals surface area contributed by atoms with Crippen molar-refractivity contribution in [1.82, 2.24) is 4.98 Å². The van der Waals surface area contributed by atoms with E-state index in [1.165, 1.54) is 6.92 Å². The molecule has 0 spiro atoms. The van der Waals surface area contributed by atoms with Crippen LogP contribution in [0.25, 0.3) is 10.9 Å². The van der Waals surface area contributed by atoms with Gasteiger partial charge in [0.1, 0.15) is 5.69 Å². The molecule has 0 aliphatic carbocycles. The average Bonchev–Trinajstić information content (AvgIpc) is 2.37. The number of benzene rings is 1. The molecule has 18 heavy (non-hydrogen) atoms. The van der Waals surface area contributed by atoms with E-state index < -0.39 is 18.0 Å². The van der Waals surface area contributed by atoms with E-state index in [9.17, 15) is 9.59 Å². The van der Waals surface area contributed by atoms with Crippen LogP contribution in [-0.2, 0) is 9.53 Å². The zero-order valence-electron chi connectivity index (χ0n) is 9.79. The zero-order chi connectivity index (χ0) is 13.1. The Morgan fingerprint density at radius 1 is 1.22 bits per heavy atom. The Labute approximate surface area is 104 Å². The fourth-order valence-electron chi connectivity index (χ4n) is 1.46. The molecular weight excluding hydrogens is 232 g/mol. The van der Waals surface area contributed by atoms with Crippen LogP contribution >= 0.6 is 0 Å². The number of amides is 1. The second-order valence-corrected chi connectivity index (χ2v) is 3.84. The minimum atomic E-state index is -0.967. The minimum absolute atomic E-state index is 0.154. The number of carbonyl (C=O) groups excluding carboxylic acids is 2. The largest absolute Gasteiger partial charge is 0.448 e. The summed E-state index contributed by atoms with van der Waals surface area (Å²) in [5.41, 5.74) is 5.86. The predicted molar refractivity (Wildman–Crippen MR) is 65.8 cm³/mol. The summed E-state index contributed by atoms with van der Waals surface area (Å²) in [5.74, 6) is -1.35. The molecule has 1 aromatic carbocycles. The predicted octanol–water partition coefficient (Wildman–Crippen LogP) is 1.27. The maximum Gasteiger partial charge on any atom is 0.357 e. The fourth-order valence-corrected chi connectivity index (χ4v) is 1.46. The van der Waals surface area contributed by atoms with Gasteiger partial charge in [0.15, 0.2) is 6.10 Å². The Bertz CT molecular complexity index is 610. The van der Waals surface area contributed by atoms with Crippen LogP contribution in [0.1, 0.15) is 17.4 Å². The molecule has 0 bridgehead atoms. The topological polar surface area (TPSA) is 82.3 Å². The van der Waals surface area contributed by atoms with Crippen LogP contribution in [0.3, 0.4) is 0 Å². The molecule has 2 N–H and O–H groups in total. The number of hydrogen-bond donors (Lipinski definition) is 1. The van der Waals surface area contributed by atoms with Gasteiger partial charge in [0.2, 0.25) is 0 Å². The third-order valence-electron chi connectivity index (χ3n) is 2.49. The molecule has 5 nitrogen and oxygen atoms in total. The number of para-hydroxylation sites is 1. The second kappa shape index (κ2) is 4.83. The van der Waals surface area contributed by atoms with E-state index in [4.69, 9.17) is 10.5 Å². The summed E-state index contributed by atoms with van der Waals surface area (Å²) in [6.07, 6.45) is -0.967. The zero-order valence-corrected chi connectivity index (χ0v) is 9.79. The molecule has 0 aliphatic heterocycles. The van der Waals surface area contributed by atoms with Crippen molar-refractivity contribution >= 4 is 22.8 Å². The Hall–Kier alpha value is -2.43. The number of nitrogens with zero attached hydrogens (tertiary/aromatic N) is 1. The highest BCUT2D eigenvalue weighted by molar-refractivity contribution is 5.92. The van der Waals surface area contributed by atoms with Crippen LogP contribution in [0.2, 0.25) is 0 Å². The number of esters is 1. The van der Waals surface area contributed by atoms with Crippen molar-refractivity contribution in [2.45, 2.75) is 13.0 Å². The number of ether oxygens (including phenoxy) is 1. The average molecular weight is 244 g/mol. The normalized spacial score (nSPS) is 12.1. The Morgan fingerprint density at radius 3 is 2.67 bits per heavy atom. The molecule has 0 saturated carbocycles. The van der Waals surface area contributed by atoms with Crippen LogP contribution in [0.15, 0.2) is 36.4 Å². The number of aromatic nitrogens is 1. The van der Waals surface area contributed by atoms with E-state index in [0.29, 0.717) is 5.52 Å². The third-order valence-corrected chi connectivity index (χ3v) is 2.49. The Morgan fingerprint density at radius 2 is 1.94 bits per heavy atom. The fraction of sp³-hybridized carbons (Fsp3) is 0.154. The lowest BCUT2D eigenvalue weighted by atomic mass is 10.2. The summed E-state index contributed by atoms with van der Waals surface area (Å²) in [4.78, 5) is 26.7. The molecule has 0 aliphatic rings. The molecule has 0 radical (unpaired) electrons. The van der Waals surface area contributed by atoms with E-state index in [-0.39, 0.29) is 5.69 Å². The molecule has 2 rings (SSSR count). The van der Waals surface area contributed by atoms with Crippen molar-refractivity contribution in [1.29, 1.82) is 0 Å². The quantitative estimate of drug-likeness (QED) is 0.824. The maximum absolute atomic E-state index is 11.7. The first-order chi connectivity index (χ1) is 8.58. The van der Waals surface area contributed by atoms with Crippen LogP contribution in [0.4, 0.5) is 0 Å². The van der Waals surface area contributed by atoms with Gasteiger partial charge in [-0.15, -0.1) is 0 Å². The van der Waals surface area contributed by atoms with Gasteiger partial charge in [0.25, 0.3) is 5.91 Å². The monoisotopic (exact) mass is 244 g/mol. The summed E-state index contributed by atoms with van der Waals surface area (Å²) < 4.78 is 4.87. The van der Waals surface area contributed by atoms with Gasteiger partial charge in [0.05, 0.1) is 5.52 Å². The Balaban J connectivity index is 2.25. The van der Waals surface area contributed by atoms with Crippen molar-refractivity contribution in [2.24, 2.45) is 5.73 Å². The van der Waals surface area contributed by atoms with Crippen LogP contribution in [0, 0.1) is 0 Å². The molecule has 0 saturated heterocycles. The number of hydrogen-bond acceptors (Lipinski definition) is 4. The highest BCUT2D eigenvalue weighted by Crippen LogP contribution is 2.12. The van der Waals surface area contributed by atoms with E-state index in [2.05, 4.69) is 4.98 Å². The molecule has 1 aromatic heterocycles. The molecule has 1 unspecified atom stereocenters. The number of nitrogens with two attached hydrogens (primary N) is 1. The van der Waals surface area contributed by atoms with Crippen LogP contribution in [0.5, 0.6) is 0 Å². The van der Waals surface area contributed by atoms with Crippen molar-refractivity contribution in [3.05, 3.63) is 42.1 Å². The molecule has 92 valence electrons. The number of primary amides is 1. The number of pyridine rings is 1. The number of rotatable bonds is 3. The van der Waals surface area contributed by atoms with Crippen molar-refractivity contribution < 1.29 is 14.3 Å². The van der Waals surface area contributed by atoms with E-state index >= 15 is 0 Å². The summed E-state index contributed by atoms with van der Waals surface area (Å²) in [6.45, 7) is 1.42. The minimum Gasteiger partial charge on any atom is -0.448 e. The lowest BCUT2D eigenvalue weighted by Gasteiger charge is -2.09. The SMILES string of the molecule is CC(OC(=O)c1ccc2ccccc2n1)C(N)=O. The lowest BCUT2D eigenvalue weighted by Crippen LogP contribution is -2.30. The molecule has 1 heterocycles. The summed E-state index contributed by atoms with van der Waals surface area (Å²) >= 11 is 0. The van der Waals surface area contributed by atoms with Gasteiger partial charge in [-0.2, -0.15) is 0 Å². The molecule has 2 aromatic rings. The first-order valence-electron chi connectivity index (χ1n) is 5.44. The summed E-state index contributed by atoms with van der Waals surface area (Å²) in [7, 11) is 0. The van der Waals surface area contributed by atoms with Crippen LogP contribution in [-0.4, -0.2) is 23.0 Å². The molecular formula is C13H12N2O3. The van der Waals surface area contributed by atoms with Gasteiger partial charge in [-0.25, -0.2) is 9.78 Å². The molecule has 5 heteroatoms. The molecule has 0 fully saturated rings. The summed E-state index contributed by atoms with van der Waals surface area (Å²) in [6, 6.07) is 10.7. The van der Waals surface area contributed by atoms with Gasteiger partial charge >= 0.3 is 5.97 Å². The molecule has 1 amide bonds. The van der Waals surface area contributed by atoms with E-state index in [1.807, 2.05) is 18.2 Å². The first kappa shape index (κ1) is 12.0. The third kappa shape index (κ3) is 2.45. The first-order valence-corrected chi connectivity index (χ1v) is 5.44. The van der Waals surface area contributed by atoms with Crippen molar-refractivity contribution in [2.75, 3.05) is 0 Å². The smallest absolute Gasteiger partial charge is 0.357 e. The summed E-state index contributed by atoms with van der Waals surface area (Å²) in [5, 5.41) is 0.928. The van der Waals surface area contributed by atoms with Crippen molar-refractivity contribution in [3.63, 3.8) is 0 Å². The van der Waals surface area contributed by atoms with Gasteiger partial charge < -0.3 is 10.5 Å². The lowest BCUT2D eigenvalue weighted by molar-refractivity contribution is -0.125. The second-order valence-electron chi connectivity index (χ2n) is 3.84. The number of carbonyl (C=O) groups is 2. The highest BCUT2D eigenvalue weighted by Gasteiger charge is 2.17. The van der Waals surface area contributed by atoms with E-state index in [1.54, 1.807) is 18.2 Å². The highest BCUT2D eigenvalue weighted by atomic mass is 16.5. The van der Waals surface area contributed by atoms with Crippen molar-refractivity contribution in [3.8, 4) is 0 Å². The standard InChI is InChI=1S/C13H12N2O3/c1-8(12(14)16)18-13(17)11-7-6-9-4-2-3-5-10(9)15-11/h2-8H,1H3,(H2,14,16). The van der Waals surface area contributed by atoms with E-state index in [0.717, 1.165) is 5.39 Å². The van der Waals surface area contributed by atoms with Gasteiger partial charge in [-0.3, -0.25) is 4.79 Å². The number of fused-ring (bicyclic) bond motifs is 1. The maximum atomic E-state index is 11.7. The molecule has 1 atom stereocenters. The van der Waals surface area contributed by atoms with Crippen LogP contribution < -0.4 is 5.73 Å².